The highest BCUT2D eigenvalue weighted by molar-refractivity contribution is 7.16. The van der Waals surface area contributed by atoms with Crippen molar-refractivity contribution in [3.8, 4) is 5.75 Å². The Bertz CT molecular complexity index is 940. The van der Waals surface area contributed by atoms with Gasteiger partial charge >= 0.3 is 0 Å². The molecule has 1 amide bonds. The lowest BCUT2D eigenvalue weighted by molar-refractivity contribution is -0.117. The van der Waals surface area contributed by atoms with Gasteiger partial charge in [0, 0.05) is 13.0 Å². The normalized spacial score (nSPS) is 17.3. The molecule has 7 heteroatoms. The molecule has 4 rings (SSSR count). The number of ether oxygens (including phenoxy) is 1. The van der Waals surface area contributed by atoms with Crippen LogP contribution in [0.3, 0.4) is 0 Å². The number of rotatable bonds is 4. The van der Waals surface area contributed by atoms with Crippen LogP contribution in [0.5, 0.6) is 5.75 Å². The first-order chi connectivity index (χ1) is 12.2. The predicted molar refractivity (Wildman–Crippen MR) is 99.5 cm³/mol. The molecular weight excluding hydrogens is 336 g/mol. The zero-order valence-corrected chi connectivity index (χ0v) is 14.8. The number of fused-ring (bicyclic) bond motifs is 1. The molecule has 1 unspecified atom stereocenters. The summed E-state index contributed by atoms with van der Waals surface area (Å²) in [4.78, 5) is 24.2. The van der Waals surface area contributed by atoms with E-state index >= 15 is 0 Å². The average molecular weight is 354 g/mol. The van der Waals surface area contributed by atoms with E-state index in [2.05, 4.69) is 15.3 Å². The highest BCUT2D eigenvalue weighted by Crippen LogP contribution is 2.32. The summed E-state index contributed by atoms with van der Waals surface area (Å²) in [6.07, 6.45) is 0.423. The van der Waals surface area contributed by atoms with Gasteiger partial charge in [-0.1, -0.05) is 12.1 Å². The van der Waals surface area contributed by atoms with Gasteiger partial charge in [-0.3, -0.25) is 4.79 Å². The van der Waals surface area contributed by atoms with Crippen molar-refractivity contribution in [3.05, 3.63) is 41.5 Å². The second-order valence-corrected chi connectivity index (χ2v) is 6.87. The van der Waals surface area contributed by atoms with Gasteiger partial charge in [0.15, 0.2) is 0 Å². The monoisotopic (exact) mass is 354 g/mol. The minimum Gasteiger partial charge on any atom is -0.495 e. The lowest BCUT2D eigenvalue weighted by atomic mass is 10.2. The summed E-state index contributed by atoms with van der Waals surface area (Å²) in [5.41, 5.74) is 0.804. The Morgan fingerprint density at radius 2 is 2.12 bits per heavy atom. The summed E-state index contributed by atoms with van der Waals surface area (Å²) < 4.78 is 5.39. The number of aromatic nitrogens is 2. The van der Waals surface area contributed by atoms with Crippen molar-refractivity contribution >= 4 is 39.0 Å². The molecule has 3 heterocycles. The van der Waals surface area contributed by atoms with E-state index in [1.54, 1.807) is 23.3 Å². The Morgan fingerprint density at radius 3 is 2.96 bits per heavy atom. The van der Waals surface area contributed by atoms with Gasteiger partial charge in [-0.25, -0.2) is 9.97 Å². The van der Waals surface area contributed by atoms with Crippen molar-refractivity contribution in [1.29, 1.82) is 0 Å². The molecule has 1 fully saturated rings. The Balaban J connectivity index is 1.59. The van der Waals surface area contributed by atoms with Crippen LogP contribution in [0.25, 0.3) is 10.2 Å². The molecule has 0 radical (unpaired) electrons. The number of aryl methyl sites for hydroxylation is 1. The largest absolute Gasteiger partial charge is 0.495 e. The van der Waals surface area contributed by atoms with Gasteiger partial charge in [-0.05, 0) is 30.5 Å². The first-order valence-corrected chi connectivity index (χ1v) is 8.95. The number of amides is 1. The van der Waals surface area contributed by atoms with Gasteiger partial charge in [0.25, 0.3) is 0 Å². The minimum absolute atomic E-state index is 0.00480. The number of thiophene rings is 1. The molecule has 1 atom stereocenters. The van der Waals surface area contributed by atoms with Gasteiger partial charge < -0.3 is 15.0 Å². The first-order valence-electron chi connectivity index (χ1n) is 8.07. The number of methoxy groups -OCH3 is 1. The van der Waals surface area contributed by atoms with Crippen molar-refractivity contribution in [1.82, 2.24) is 9.97 Å². The minimum atomic E-state index is -0.00480. The second kappa shape index (κ2) is 6.33. The molecule has 1 aliphatic heterocycles. The third-order valence-electron chi connectivity index (χ3n) is 4.28. The van der Waals surface area contributed by atoms with Gasteiger partial charge in [0.05, 0.1) is 24.2 Å². The number of nitrogens with zero attached hydrogens (tertiary/aromatic N) is 3. The molecule has 1 N–H and O–H groups in total. The Kier molecular flexibility index (Phi) is 4.01. The van der Waals surface area contributed by atoms with Crippen molar-refractivity contribution < 1.29 is 9.53 Å². The number of hydrogen-bond acceptors (Lipinski definition) is 6. The van der Waals surface area contributed by atoms with E-state index in [1.807, 2.05) is 42.6 Å². The van der Waals surface area contributed by atoms with E-state index in [-0.39, 0.29) is 11.9 Å². The first kappa shape index (κ1) is 15.8. The van der Waals surface area contributed by atoms with E-state index in [9.17, 15) is 4.79 Å². The summed E-state index contributed by atoms with van der Waals surface area (Å²) >= 11 is 1.59. The molecule has 0 saturated carbocycles. The SMILES string of the molecule is COc1ccccc1N1CC(Nc2nc(C)nc3sccc23)CC1=O. The number of benzene rings is 1. The lowest BCUT2D eigenvalue weighted by Crippen LogP contribution is -2.28. The highest BCUT2D eigenvalue weighted by atomic mass is 32.1. The molecule has 0 aliphatic carbocycles. The highest BCUT2D eigenvalue weighted by Gasteiger charge is 2.32. The van der Waals surface area contributed by atoms with Crippen molar-refractivity contribution in [2.75, 3.05) is 23.9 Å². The fourth-order valence-electron chi connectivity index (χ4n) is 3.16. The lowest BCUT2D eigenvalue weighted by Gasteiger charge is -2.20. The predicted octanol–water partition coefficient (Wildman–Crippen LogP) is 3.23. The topological polar surface area (TPSA) is 67.3 Å². The van der Waals surface area contributed by atoms with Crippen LogP contribution in [0.15, 0.2) is 35.7 Å². The summed E-state index contributed by atoms with van der Waals surface area (Å²) in [6, 6.07) is 9.59. The maximum atomic E-state index is 12.5. The number of para-hydroxylation sites is 2. The fourth-order valence-corrected chi connectivity index (χ4v) is 3.96. The molecule has 25 heavy (non-hydrogen) atoms. The molecule has 1 saturated heterocycles. The van der Waals surface area contributed by atoms with Crippen LogP contribution in [0.1, 0.15) is 12.2 Å². The molecule has 1 aliphatic rings. The molecule has 128 valence electrons. The maximum absolute atomic E-state index is 12.5. The van der Waals surface area contributed by atoms with Crippen LogP contribution in [-0.2, 0) is 4.79 Å². The summed E-state index contributed by atoms with van der Waals surface area (Å²) in [6.45, 7) is 2.46. The molecule has 0 bridgehead atoms. The standard InChI is InChI=1S/C18H18N4O2S/c1-11-19-17(13-7-8-25-18(13)20-11)21-12-9-16(23)22(10-12)14-5-3-4-6-15(14)24-2/h3-8,12H,9-10H2,1-2H3,(H,19,20,21). The van der Waals surface area contributed by atoms with Crippen LogP contribution < -0.4 is 15.0 Å². The van der Waals surface area contributed by atoms with Crippen molar-refractivity contribution in [2.24, 2.45) is 0 Å². The third kappa shape index (κ3) is 2.91. The smallest absolute Gasteiger partial charge is 0.229 e. The quantitative estimate of drug-likeness (QED) is 0.779. The molecule has 6 nitrogen and oxygen atoms in total. The Morgan fingerprint density at radius 1 is 1.28 bits per heavy atom. The van der Waals surface area contributed by atoms with Crippen LogP contribution in [0.4, 0.5) is 11.5 Å². The number of hydrogen-bond donors (Lipinski definition) is 1. The van der Waals surface area contributed by atoms with E-state index in [0.717, 1.165) is 27.5 Å². The van der Waals surface area contributed by atoms with E-state index < -0.39 is 0 Å². The molecule has 0 spiro atoms. The zero-order valence-electron chi connectivity index (χ0n) is 14.0. The van der Waals surface area contributed by atoms with Gasteiger partial charge in [-0.2, -0.15) is 0 Å². The number of nitrogens with one attached hydrogen (secondary N) is 1. The van der Waals surface area contributed by atoms with E-state index in [1.165, 1.54) is 0 Å². The van der Waals surface area contributed by atoms with Crippen LogP contribution in [0.2, 0.25) is 0 Å². The van der Waals surface area contributed by atoms with Crippen LogP contribution in [0, 0.1) is 6.92 Å². The van der Waals surface area contributed by atoms with Gasteiger partial charge in [0.1, 0.15) is 22.2 Å². The summed E-state index contributed by atoms with van der Waals surface area (Å²) in [5.74, 6) is 2.30. The number of anilines is 2. The van der Waals surface area contributed by atoms with Crippen LogP contribution in [-0.4, -0.2) is 35.6 Å². The van der Waals surface area contributed by atoms with E-state index in [4.69, 9.17) is 4.74 Å². The van der Waals surface area contributed by atoms with E-state index in [0.29, 0.717) is 18.7 Å². The average Bonchev–Trinajstić information content (AvgIpc) is 3.21. The zero-order chi connectivity index (χ0) is 17.4. The third-order valence-corrected chi connectivity index (χ3v) is 5.09. The fraction of sp³-hybridized carbons (Fsp3) is 0.278. The molecule has 2 aromatic heterocycles. The van der Waals surface area contributed by atoms with Gasteiger partial charge in [0.2, 0.25) is 5.91 Å². The second-order valence-electron chi connectivity index (χ2n) is 5.98. The van der Waals surface area contributed by atoms with Crippen molar-refractivity contribution in [3.63, 3.8) is 0 Å². The molecule has 1 aromatic carbocycles. The van der Waals surface area contributed by atoms with Crippen LogP contribution >= 0.6 is 11.3 Å². The number of carbonyl (C=O) groups is 1. The Hall–Kier alpha value is -2.67. The summed E-state index contributed by atoms with van der Waals surface area (Å²) in [7, 11) is 1.62. The van der Waals surface area contributed by atoms with Gasteiger partial charge in [-0.15, -0.1) is 11.3 Å². The maximum Gasteiger partial charge on any atom is 0.229 e. The molecule has 3 aromatic rings. The number of carbonyl (C=O) groups excluding carboxylic acids is 1. The van der Waals surface area contributed by atoms with Crippen molar-refractivity contribution in [2.45, 2.75) is 19.4 Å². The molecular formula is C18H18N4O2S. The Labute approximate surface area is 149 Å². The summed E-state index contributed by atoms with van der Waals surface area (Å²) in [5, 5.41) is 6.43.